The fourth-order valence-corrected chi connectivity index (χ4v) is 1.19. The summed E-state index contributed by atoms with van der Waals surface area (Å²) in [7, 11) is 3.41. The molecule has 2 N–H and O–H groups in total. The average Bonchev–Trinajstić information content (AvgIpc) is 2.21. The van der Waals surface area contributed by atoms with Crippen LogP contribution in [0.15, 0.2) is 0 Å². The molecule has 1 amide bonds. The van der Waals surface area contributed by atoms with E-state index in [4.69, 9.17) is 10.5 Å². The number of hydrogen-bond acceptors (Lipinski definition) is 3. The third kappa shape index (κ3) is 6.47. The van der Waals surface area contributed by atoms with Crippen molar-refractivity contribution in [3.63, 3.8) is 0 Å². The smallest absolute Gasteiger partial charge is 0.224 e. The van der Waals surface area contributed by atoms with Crippen molar-refractivity contribution in [3.05, 3.63) is 0 Å². The summed E-state index contributed by atoms with van der Waals surface area (Å²) in [6.45, 7) is 5.49. The Hall–Kier alpha value is -0.610. The molecule has 0 rings (SSSR count). The first-order chi connectivity index (χ1) is 7.01. The van der Waals surface area contributed by atoms with E-state index in [2.05, 4.69) is 13.8 Å². The Kier molecular flexibility index (Phi) is 7.34. The van der Waals surface area contributed by atoms with Gasteiger partial charge < -0.3 is 15.4 Å². The van der Waals surface area contributed by atoms with E-state index in [0.717, 1.165) is 13.0 Å². The normalized spacial score (nSPS) is 12.9. The lowest BCUT2D eigenvalue weighted by atomic mass is 10.1. The van der Waals surface area contributed by atoms with Crippen LogP contribution in [0.1, 0.15) is 26.7 Å². The maximum Gasteiger partial charge on any atom is 0.224 e. The largest absolute Gasteiger partial charge is 0.380 e. The standard InChI is InChI=1S/C11H24N2O2/c1-9(2)5-6-13(3)11(14)7-10(8-12)15-4/h9-10H,5-8,12H2,1-4H3. The van der Waals surface area contributed by atoms with E-state index >= 15 is 0 Å². The summed E-state index contributed by atoms with van der Waals surface area (Å²) in [5, 5.41) is 0. The Bertz CT molecular complexity index is 179. The molecular formula is C11H24N2O2. The minimum Gasteiger partial charge on any atom is -0.380 e. The zero-order valence-electron chi connectivity index (χ0n) is 10.3. The van der Waals surface area contributed by atoms with E-state index in [-0.39, 0.29) is 12.0 Å². The number of hydrogen-bond donors (Lipinski definition) is 1. The highest BCUT2D eigenvalue weighted by Crippen LogP contribution is 2.04. The van der Waals surface area contributed by atoms with Crippen LogP contribution in [0.25, 0.3) is 0 Å². The Morgan fingerprint density at radius 2 is 2.07 bits per heavy atom. The lowest BCUT2D eigenvalue weighted by Gasteiger charge is -2.20. The van der Waals surface area contributed by atoms with Gasteiger partial charge in [0.2, 0.25) is 5.91 Å². The van der Waals surface area contributed by atoms with E-state index in [1.807, 2.05) is 7.05 Å². The van der Waals surface area contributed by atoms with Crippen LogP contribution in [0.5, 0.6) is 0 Å². The molecule has 0 fully saturated rings. The maximum atomic E-state index is 11.7. The Morgan fingerprint density at radius 1 is 1.47 bits per heavy atom. The van der Waals surface area contributed by atoms with E-state index < -0.39 is 0 Å². The van der Waals surface area contributed by atoms with Gasteiger partial charge in [-0.2, -0.15) is 0 Å². The van der Waals surface area contributed by atoms with Crippen LogP contribution >= 0.6 is 0 Å². The van der Waals surface area contributed by atoms with Crippen molar-refractivity contribution in [1.29, 1.82) is 0 Å². The Labute approximate surface area is 92.8 Å². The number of nitrogens with two attached hydrogens (primary N) is 1. The number of carbonyl (C=O) groups is 1. The van der Waals surface area contributed by atoms with Crippen molar-refractivity contribution in [2.75, 3.05) is 27.2 Å². The van der Waals surface area contributed by atoms with Gasteiger partial charge in [-0.1, -0.05) is 13.8 Å². The van der Waals surface area contributed by atoms with Crippen LogP contribution in [-0.2, 0) is 9.53 Å². The van der Waals surface area contributed by atoms with E-state index in [0.29, 0.717) is 18.9 Å². The second-order valence-corrected chi connectivity index (χ2v) is 4.30. The van der Waals surface area contributed by atoms with Crippen LogP contribution in [0.3, 0.4) is 0 Å². The molecule has 0 spiro atoms. The van der Waals surface area contributed by atoms with Crippen molar-refractivity contribution in [2.24, 2.45) is 11.7 Å². The van der Waals surface area contributed by atoms with Gasteiger partial charge in [0.25, 0.3) is 0 Å². The van der Waals surface area contributed by atoms with Crippen LogP contribution < -0.4 is 5.73 Å². The molecule has 0 saturated carbocycles. The van der Waals surface area contributed by atoms with Gasteiger partial charge in [0, 0.05) is 27.2 Å². The highest BCUT2D eigenvalue weighted by molar-refractivity contribution is 5.76. The Balaban J connectivity index is 3.87. The van der Waals surface area contributed by atoms with E-state index in [1.54, 1.807) is 12.0 Å². The van der Waals surface area contributed by atoms with E-state index in [9.17, 15) is 4.79 Å². The van der Waals surface area contributed by atoms with Gasteiger partial charge in [0.05, 0.1) is 12.5 Å². The Morgan fingerprint density at radius 3 is 2.47 bits per heavy atom. The maximum absolute atomic E-state index is 11.7. The van der Waals surface area contributed by atoms with Crippen LogP contribution in [-0.4, -0.2) is 44.2 Å². The van der Waals surface area contributed by atoms with Gasteiger partial charge in [-0.25, -0.2) is 0 Å². The monoisotopic (exact) mass is 216 g/mol. The van der Waals surface area contributed by atoms with Gasteiger partial charge in [-0.05, 0) is 12.3 Å². The molecule has 0 radical (unpaired) electrons. The highest BCUT2D eigenvalue weighted by Gasteiger charge is 2.15. The predicted octanol–water partition coefficient (Wildman–Crippen LogP) is 0.855. The van der Waals surface area contributed by atoms with Crippen LogP contribution in [0.2, 0.25) is 0 Å². The number of nitrogens with zero attached hydrogens (tertiary/aromatic N) is 1. The van der Waals surface area contributed by atoms with Gasteiger partial charge >= 0.3 is 0 Å². The van der Waals surface area contributed by atoms with Crippen molar-refractivity contribution in [3.8, 4) is 0 Å². The molecule has 0 aliphatic carbocycles. The minimum absolute atomic E-state index is 0.105. The summed E-state index contributed by atoms with van der Waals surface area (Å²) in [5.74, 6) is 0.723. The minimum atomic E-state index is -0.154. The van der Waals surface area contributed by atoms with Crippen molar-refractivity contribution in [1.82, 2.24) is 4.90 Å². The molecule has 15 heavy (non-hydrogen) atoms. The molecular weight excluding hydrogens is 192 g/mol. The second-order valence-electron chi connectivity index (χ2n) is 4.30. The van der Waals surface area contributed by atoms with Gasteiger partial charge in [-0.3, -0.25) is 4.79 Å². The van der Waals surface area contributed by atoms with Crippen molar-refractivity contribution in [2.45, 2.75) is 32.8 Å². The van der Waals surface area contributed by atoms with Crippen molar-refractivity contribution >= 4 is 5.91 Å². The van der Waals surface area contributed by atoms with Gasteiger partial charge in [0.1, 0.15) is 0 Å². The SMILES string of the molecule is COC(CN)CC(=O)N(C)CCC(C)C. The number of amides is 1. The molecule has 1 atom stereocenters. The summed E-state index contributed by atoms with van der Waals surface area (Å²) in [6.07, 6.45) is 1.25. The summed E-state index contributed by atoms with van der Waals surface area (Å²) in [5.41, 5.74) is 5.46. The summed E-state index contributed by atoms with van der Waals surface area (Å²) in [4.78, 5) is 13.4. The third-order valence-electron chi connectivity index (χ3n) is 2.47. The quantitative estimate of drug-likeness (QED) is 0.686. The second kappa shape index (κ2) is 7.65. The molecule has 1 unspecified atom stereocenters. The molecule has 0 bridgehead atoms. The van der Waals surface area contributed by atoms with E-state index in [1.165, 1.54) is 0 Å². The van der Waals surface area contributed by atoms with Crippen LogP contribution in [0, 0.1) is 5.92 Å². The molecule has 0 aromatic rings. The number of methoxy groups -OCH3 is 1. The van der Waals surface area contributed by atoms with Crippen molar-refractivity contribution < 1.29 is 9.53 Å². The molecule has 4 heteroatoms. The zero-order chi connectivity index (χ0) is 11.8. The third-order valence-corrected chi connectivity index (χ3v) is 2.47. The summed E-state index contributed by atoms with van der Waals surface area (Å²) >= 11 is 0. The van der Waals surface area contributed by atoms with Gasteiger partial charge in [-0.15, -0.1) is 0 Å². The van der Waals surface area contributed by atoms with Gasteiger partial charge in [0.15, 0.2) is 0 Å². The summed E-state index contributed by atoms with van der Waals surface area (Å²) in [6, 6.07) is 0. The molecule has 0 aromatic heterocycles. The first-order valence-electron chi connectivity index (χ1n) is 5.48. The zero-order valence-corrected chi connectivity index (χ0v) is 10.3. The average molecular weight is 216 g/mol. The summed E-state index contributed by atoms with van der Waals surface area (Å²) < 4.78 is 5.07. The lowest BCUT2D eigenvalue weighted by Crippen LogP contribution is -2.34. The number of ether oxygens (including phenoxy) is 1. The molecule has 0 saturated heterocycles. The molecule has 0 aliphatic rings. The lowest BCUT2D eigenvalue weighted by molar-refractivity contribution is -0.132. The molecule has 0 aliphatic heterocycles. The molecule has 90 valence electrons. The molecule has 0 heterocycles. The first-order valence-corrected chi connectivity index (χ1v) is 5.48. The van der Waals surface area contributed by atoms with Crippen LogP contribution in [0.4, 0.5) is 0 Å². The topological polar surface area (TPSA) is 55.6 Å². The molecule has 0 aromatic carbocycles. The molecule has 4 nitrogen and oxygen atoms in total. The highest BCUT2D eigenvalue weighted by atomic mass is 16.5. The number of carbonyl (C=O) groups excluding carboxylic acids is 1. The predicted molar refractivity (Wildman–Crippen MR) is 61.6 cm³/mol. The fraction of sp³-hybridized carbons (Fsp3) is 0.909. The fourth-order valence-electron chi connectivity index (χ4n) is 1.19. The number of rotatable bonds is 7. The first kappa shape index (κ1) is 14.4.